The van der Waals surface area contributed by atoms with Gasteiger partial charge in [-0.2, -0.15) is 4.98 Å². The molecule has 0 bridgehead atoms. The third-order valence-electron chi connectivity index (χ3n) is 4.06. The molecule has 0 aliphatic rings. The van der Waals surface area contributed by atoms with Gasteiger partial charge in [-0.25, -0.2) is 0 Å². The van der Waals surface area contributed by atoms with Gasteiger partial charge in [0.15, 0.2) is 0 Å². The Morgan fingerprint density at radius 3 is 2.56 bits per heavy atom. The summed E-state index contributed by atoms with van der Waals surface area (Å²) in [7, 11) is 0. The number of rotatable bonds is 4. The third kappa shape index (κ3) is 3.39. The Balaban J connectivity index is 1.67. The Morgan fingerprint density at radius 2 is 1.85 bits per heavy atom. The van der Waals surface area contributed by atoms with E-state index in [-0.39, 0.29) is 12.4 Å². The second kappa shape index (κ2) is 6.81. The molecule has 136 valence electrons. The summed E-state index contributed by atoms with van der Waals surface area (Å²) in [4.78, 5) is 30.2. The van der Waals surface area contributed by atoms with Crippen molar-refractivity contribution in [2.45, 2.75) is 20.4 Å². The molecule has 0 N–H and O–H groups in total. The van der Waals surface area contributed by atoms with Gasteiger partial charge in [0.25, 0.3) is 0 Å². The largest absolute Gasteiger partial charge is 0.337 e. The molecule has 4 aromatic rings. The quantitative estimate of drug-likeness (QED) is 0.509. The lowest BCUT2D eigenvalue weighted by molar-refractivity contribution is 0.369. The summed E-state index contributed by atoms with van der Waals surface area (Å²) in [5.41, 5.74) is 1.44. The van der Waals surface area contributed by atoms with E-state index in [1.54, 1.807) is 12.4 Å². The highest BCUT2D eigenvalue weighted by molar-refractivity contribution is 7.13. The predicted molar refractivity (Wildman–Crippen MR) is 102 cm³/mol. The first-order valence-corrected chi connectivity index (χ1v) is 9.16. The smallest absolute Gasteiger partial charge is 0.320 e. The van der Waals surface area contributed by atoms with Crippen LogP contribution in [-0.4, -0.2) is 19.3 Å². The third-order valence-corrected chi connectivity index (χ3v) is 4.92. The van der Waals surface area contributed by atoms with E-state index in [2.05, 4.69) is 10.1 Å². The fourth-order valence-electron chi connectivity index (χ4n) is 2.90. The normalized spacial score (nSPS) is 11.0. The van der Waals surface area contributed by atoms with Crippen molar-refractivity contribution in [1.29, 1.82) is 0 Å². The number of aryl methyl sites for hydroxylation is 2. The lowest BCUT2D eigenvalue weighted by Crippen LogP contribution is -2.40. The van der Waals surface area contributed by atoms with E-state index in [0.717, 1.165) is 16.0 Å². The first-order valence-electron chi connectivity index (χ1n) is 8.28. The van der Waals surface area contributed by atoms with Crippen LogP contribution in [0.2, 0.25) is 0 Å². The first-order chi connectivity index (χ1) is 13.0. The van der Waals surface area contributed by atoms with Gasteiger partial charge in [-0.3, -0.25) is 18.7 Å². The second-order valence-corrected chi connectivity index (χ2v) is 7.19. The Kier molecular flexibility index (Phi) is 4.33. The predicted octanol–water partition coefficient (Wildman–Crippen LogP) is 2.78. The molecule has 1 aromatic carbocycles. The molecule has 4 rings (SSSR count). The molecule has 0 radical (unpaired) electrons. The van der Waals surface area contributed by atoms with Crippen LogP contribution in [0.15, 0.2) is 62.2 Å². The van der Waals surface area contributed by atoms with Gasteiger partial charge < -0.3 is 4.52 Å². The molecule has 3 heterocycles. The van der Waals surface area contributed by atoms with E-state index in [9.17, 15) is 9.59 Å². The Morgan fingerprint density at radius 1 is 1.07 bits per heavy atom. The monoisotopic (exact) mass is 380 g/mol. The van der Waals surface area contributed by atoms with Crippen LogP contribution in [0.4, 0.5) is 0 Å². The summed E-state index contributed by atoms with van der Waals surface area (Å²) >= 11 is 1.50. The van der Waals surface area contributed by atoms with E-state index in [0.29, 0.717) is 11.5 Å². The minimum absolute atomic E-state index is 0.0418. The van der Waals surface area contributed by atoms with Crippen molar-refractivity contribution in [3.05, 3.63) is 85.8 Å². The van der Waals surface area contributed by atoms with Crippen molar-refractivity contribution in [2.24, 2.45) is 0 Å². The van der Waals surface area contributed by atoms with Gasteiger partial charge in [-0.05, 0) is 48.6 Å². The highest BCUT2D eigenvalue weighted by Gasteiger charge is 2.13. The molecule has 27 heavy (non-hydrogen) atoms. The van der Waals surface area contributed by atoms with Gasteiger partial charge in [0.05, 0.1) is 4.88 Å². The van der Waals surface area contributed by atoms with Gasteiger partial charge in [0.1, 0.15) is 6.54 Å². The van der Waals surface area contributed by atoms with Gasteiger partial charge in [-0.15, -0.1) is 11.3 Å². The van der Waals surface area contributed by atoms with Crippen LogP contribution in [0.3, 0.4) is 0 Å². The number of nitrogens with zero attached hydrogens (tertiary/aromatic N) is 4. The molecule has 0 fully saturated rings. The van der Waals surface area contributed by atoms with Crippen molar-refractivity contribution in [1.82, 2.24) is 19.3 Å². The van der Waals surface area contributed by atoms with Crippen molar-refractivity contribution in [2.75, 3.05) is 0 Å². The van der Waals surface area contributed by atoms with Gasteiger partial charge >= 0.3 is 11.1 Å². The maximum atomic E-state index is 12.6. The highest BCUT2D eigenvalue weighted by atomic mass is 32.1. The molecule has 0 unspecified atom stereocenters. The molecule has 0 aliphatic heterocycles. The van der Waals surface area contributed by atoms with Gasteiger partial charge in [-0.1, -0.05) is 17.3 Å². The zero-order valence-corrected chi connectivity index (χ0v) is 15.6. The van der Waals surface area contributed by atoms with Crippen LogP contribution in [0.25, 0.3) is 16.4 Å². The SMILES string of the molecule is Cc1cc(C)cc(-n2ccn(Cc3nc(-c4cccs4)no3)c(=O)c2=O)c1. The molecular weight excluding hydrogens is 364 g/mol. The topological polar surface area (TPSA) is 82.9 Å². The molecule has 8 heteroatoms. The fourth-order valence-corrected chi connectivity index (χ4v) is 3.55. The van der Waals surface area contributed by atoms with Crippen molar-refractivity contribution >= 4 is 11.3 Å². The molecule has 0 saturated heterocycles. The average Bonchev–Trinajstić information content (AvgIpc) is 3.30. The minimum atomic E-state index is -0.646. The molecule has 0 amide bonds. The van der Waals surface area contributed by atoms with Crippen LogP contribution in [0, 0.1) is 13.8 Å². The molecular formula is C19H16N4O3S. The summed E-state index contributed by atoms with van der Waals surface area (Å²) in [5, 5.41) is 5.84. The molecule has 0 aliphatic carbocycles. The maximum Gasteiger partial charge on any atom is 0.320 e. The Bertz CT molecular complexity index is 1200. The minimum Gasteiger partial charge on any atom is -0.337 e. The zero-order valence-electron chi connectivity index (χ0n) is 14.7. The standard InChI is InChI=1S/C19H16N4O3S/c1-12-8-13(2)10-14(9-12)23-6-5-22(18(24)19(23)25)11-16-20-17(21-26-16)15-4-3-7-27-15/h3-10H,11H2,1-2H3. The van der Waals surface area contributed by atoms with Crippen LogP contribution in [-0.2, 0) is 6.54 Å². The lowest BCUT2D eigenvalue weighted by Gasteiger charge is -2.09. The van der Waals surface area contributed by atoms with E-state index >= 15 is 0 Å². The second-order valence-electron chi connectivity index (χ2n) is 6.24. The number of hydrogen-bond donors (Lipinski definition) is 0. The molecule has 3 aromatic heterocycles. The van der Waals surface area contributed by atoms with Crippen LogP contribution in [0.1, 0.15) is 17.0 Å². The highest BCUT2D eigenvalue weighted by Crippen LogP contribution is 2.21. The lowest BCUT2D eigenvalue weighted by atomic mass is 10.1. The summed E-state index contributed by atoms with van der Waals surface area (Å²) in [6.07, 6.45) is 3.13. The number of thiophene rings is 1. The molecule has 0 atom stereocenters. The summed E-state index contributed by atoms with van der Waals surface area (Å²) in [6, 6.07) is 9.52. The summed E-state index contributed by atoms with van der Waals surface area (Å²) in [6.45, 7) is 3.94. The Hall–Kier alpha value is -3.26. The first kappa shape index (κ1) is 17.2. The number of benzene rings is 1. The van der Waals surface area contributed by atoms with E-state index < -0.39 is 11.1 Å². The average molecular weight is 380 g/mol. The molecule has 7 nitrogen and oxygen atoms in total. The maximum absolute atomic E-state index is 12.6. The number of aromatic nitrogens is 4. The summed E-state index contributed by atoms with van der Waals surface area (Å²) < 4.78 is 7.83. The van der Waals surface area contributed by atoms with Crippen LogP contribution < -0.4 is 11.1 Å². The van der Waals surface area contributed by atoms with Crippen molar-refractivity contribution < 1.29 is 4.52 Å². The van der Waals surface area contributed by atoms with E-state index in [1.165, 1.54) is 20.5 Å². The zero-order chi connectivity index (χ0) is 19.0. The summed E-state index contributed by atoms with van der Waals surface area (Å²) in [5.74, 6) is 0.737. The van der Waals surface area contributed by atoms with Crippen LogP contribution in [0.5, 0.6) is 0 Å². The van der Waals surface area contributed by atoms with Gasteiger partial charge in [0, 0.05) is 18.1 Å². The molecule has 0 saturated carbocycles. The van der Waals surface area contributed by atoms with E-state index in [4.69, 9.17) is 4.52 Å². The van der Waals surface area contributed by atoms with Crippen LogP contribution >= 0.6 is 11.3 Å². The number of hydrogen-bond acceptors (Lipinski definition) is 6. The fraction of sp³-hybridized carbons (Fsp3) is 0.158. The van der Waals surface area contributed by atoms with Crippen molar-refractivity contribution in [3.8, 4) is 16.4 Å². The Labute approximate surface area is 158 Å². The van der Waals surface area contributed by atoms with Crippen molar-refractivity contribution in [3.63, 3.8) is 0 Å². The molecule has 0 spiro atoms. The van der Waals surface area contributed by atoms with Gasteiger partial charge in [0.2, 0.25) is 11.7 Å². The van der Waals surface area contributed by atoms with E-state index in [1.807, 2.05) is 49.6 Å².